The molecule has 0 aromatic heterocycles. The Morgan fingerprint density at radius 3 is 2.46 bits per heavy atom. The first-order valence-corrected chi connectivity index (χ1v) is 8.23. The van der Waals surface area contributed by atoms with Gasteiger partial charge in [-0.1, -0.05) is 34.8 Å². The maximum atomic E-state index is 12.1. The minimum atomic E-state index is -0.176. The molecule has 0 aliphatic carbocycles. The lowest BCUT2D eigenvalue weighted by Crippen LogP contribution is -2.12. The monoisotopic (exact) mass is 387 g/mol. The zero-order valence-corrected chi connectivity index (χ0v) is 15.4. The second kappa shape index (κ2) is 8.47. The average Bonchev–Trinajstić information content (AvgIpc) is 2.55. The molecule has 2 rings (SSSR count). The number of anilines is 1. The summed E-state index contributed by atoms with van der Waals surface area (Å²) in [5.74, 6) is 0.821. The highest BCUT2D eigenvalue weighted by Gasteiger charge is 2.12. The molecule has 0 aliphatic rings. The van der Waals surface area contributed by atoms with Crippen LogP contribution in [-0.2, 0) is 11.2 Å². The zero-order chi connectivity index (χ0) is 17.7. The fourth-order valence-electron chi connectivity index (χ4n) is 2.18. The van der Waals surface area contributed by atoms with Crippen molar-refractivity contribution in [3.63, 3.8) is 0 Å². The van der Waals surface area contributed by atoms with Crippen LogP contribution >= 0.6 is 34.8 Å². The summed E-state index contributed by atoms with van der Waals surface area (Å²) in [6.07, 6.45) is 0.749. The molecule has 0 unspecified atom stereocenters. The maximum Gasteiger partial charge on any atom is 0.224 e. The van der Waals surface area contributed by atoms with Crippen molar-refractivity contribution in [1.82, 2.24) is 0 Å². The van der Waals surface area contributed by atoms with Crippen molar-refractivity contribution >= 4 is 46.4 Å². The van der Waals surface area contributed by atoms with E-state index in [1.165, 1.54) is 14.2 Å². The molecule has 1 N–H and O–H groups in total. The van der Waals surface area contributed by atoms with Crippen molar-refractivity contribution in [1.29, 1.82) is 0 Å². The van der Waals surface area contributed by atoms with Gasteiger partial charge in [-0.3, -0.25) is 4.79 Å². The Hall–Kier alpha value is -1.62. The van der Waals surface area contributed by atoms with E-state index in [-0.39, 0.29) is 12.3 Å². The van der Waals surface area contributed by atoms with Crippen LogP contribution in [0.5, 0.6) is 11.5 Å². The predicted octanol–water partition coefficient (Wildman–Crippen LogP) is 5.24. The summed E-state index contributed by atoms with van der Waals surface area (Å²) in [6, 6.07) is 8.45. The third kappa shape index (κ3) is 4.69. The third-order valence-electron chi connectivity index (χ3n) is 3.34. The van der Waals surface area contributed by atoms with Crippen molar-refractivity contribution in [2.24, 2.45) is 0 Å². The number of hydrogen-bond donors (Lipinski definition) is 1. The number of hydrogen-bond acceptors (Lipinski definition) is 3. The van der Waals surface area contributed by atoms with Crippen LogP contribution in [-0.4, -0.2) is 20.1 Å². The molecule has 0 heterocycles. The molecule has 4 nitrogen and oxygen atoms in total. The van der Waals surface area contributed by atoms with Crippen LogP contribution in [0.2, 0.25) is 15.1 Å². The van der Waals surface area contributed by atoms with Gasteiger partial charge in [0, 0.05) is 11.4 Å². The zero-order valence-electron chi connectivity index (χ0n) is 13.2. The number of amides is 1. The molecule has 0 radical (unpaired) electrons. The van der Waals surface area contributed by atoms with Gasteiger partial charge in [-0.05, 0) is 42.3 Å². The Bertz CT molecular complexity index is 750. The van der Waals surface area contributed by atoms with E-state index in [4.69, 9.17) is 44.3 Å². The van der Waals surface area contributed by atoms with Gasteiger partial charge < -0.3 is 14.8 Å². The Morgan fingerprint density at radius 1 is 1.04 bits per heavy atom. The first-order valence-electron chi connectivity index (χ1n) is 7.10. The van der Waals surface area contributed by atoms with Crippen molar-refractivity contribution in [2.45, 2.75) is 12.8 Å². The molecule has 1 amide bonds. The van der Waals surface area contributed by atoms with Crippen molar-refractivity contribution in [2.75, 3.05) is 19.5 Å². The summed E-state index contributed by atoms with van der Waals surface area (Å²) in [5.41, 5.74) is 1.35. The summed E-state index contributed by atoms with van der Waals surface area (Å²) in [4.78, 5) is 12.1. The van der Waals surface area contributed by atoms with Crippen LogP contribution in [0, 0.1) is 0 Å². The molecule has 0 spiro atoms. The number of carbonyl (C=O) groups is 1. The first kappa shape index (κ1) is 18.7. The summed E-state index contributed by atoms with van der Waals surface area (Å²) in [5, 5.41) is 4.11. The van der Waals surface area contributed by atoms with Crippen LogP contribution in [0.4, 0.5) is 5.69 Å². The van der Waals surface area contributed by atoms with E-state index in [1.807, 2.05) is 0 Å². The number of aryl methyl sites for hydroxylation is 1. The third-order valence-corrected chi connectivity index (χ3v) is 4.18. The molecule has 0 fully saturated rings. The van der Waals surface area contributed by atoms with Crippen LogP contribution in [0.15, 0.2) is 30.3 Å². The molecule has 7 heteroatoms. The van der Waals surface area contributed by atoms with Crippen LogP contribution in [0.3, 0.4) is 0 Å². The Kier molecular flexibility index (Phi) is 6.60. The number of halogens is 3. The normalized spacial score (nSPS) is 10.4. The summed E-state index contributed by atoms with van der Waals surface area (Å²) in [7, 11) is 3.05. The summed E-state index contributed by atoms with van der Waals surface area (Å²) >= 11 is 18.1. The minimum Gasteiger partial charge on any atom is -0.493 e. The average molecular weight is 389 g/mol. The second-order valence-corrected chi connectivity index (χ2v) is 6.24. The molecule has 0 bridgehead atoms. The van der Waals surface area contributed by atoms with Gasteiger partial charge >= 0.3 is 0 Å². The van der Waals surface area contributed by atoms with E-state index in [0.29, 0.717) is 38.7 Å². The standard InChI is InChI=1S/C17H16Cl3NO3/c1-23-15-8-10(7-13(20)17(15)24-2)3-6-16(22)21-14-9-11(18)4-5-12(14)19/h4-5,7-9H,3,6H2,1-2H3,(H,21,22). The molecule has 0 aliphatic heterocycles. The van der Waals surface area contributed by atoms with Gasteiger partial charge in [0.25, 0.3) is 0 Å². The molecular weight excluding hydrogens is 373 g/mol. The van der Waals surface area contributed by atoms with Gasteiger partial charge in [0.2, 0.25) is 5.91 Å². The van der Waals surface area contributed by atoms with Gasteiger partial charge in [-0.25, -0.2) is 0 Å². The first-order chi connectivity index (χ1) is 11.4. The van der Waals surface area contributed by atoms with Gasteiger partial charge in [0.1, 0.15) is 0 Å². The van der Waals surface area contributed by atoms with Gasteiger partial charge in [0.05, 0.1) is 30.0 Å². The number of carbonyl (C=O) groups excluding carboxylic acids is 1. The van der Waals surface area contributed by atoms with E-state index in [0.717, 1.165) is 5.56 Å². The number of nitrogens with one attached hydrogen (secondary N) is 1. The van der Waals surface area contributed by atoms with E-state index in [2.05, 4.69) is 5.32 Å². The van der Waals surface area contributed by atoms with Crippen molar-refractivity contribution in [3.05, 3.63) is 51.0 Å². The number of rotatable bonds is 6. The smallest absolute Gasteiger partial charge is 0.224 e. The topological polar surface area (TPSA) is 47.6 Å². The predicted molar refractivity (Wildman–Crippen MR) is 98.0 cm³/mol. The quantitative estimate of drug-likeness (QED) is 0.736. The molecule has 0 saturated carbocycles. The largest absolute Gasteiger partial charge is 0.493 e. The van der Waals surface area contributed by atoms with Gasteiger partial charge in [-0.15, -0.1) is 0 Å². The van der Waals surface area contributed by atoms with Crippen molar-refractivity contribution < 1.29 is 14.3 Å². The van der Waals surface area contributed by atoms with Crippen LogP contribution < -0.4 is 14.8 Å². The minimum absolute atomic E-state index is 0.176. The van der Waals surface area contributed by atoms with E-state index < -0.39 is 0 Å². The fraction of sp³-hybridized carbons (Fsp3) is 0.235. The van der Waals surface area contributed by atoms with Crippen LogP contribution in [0.25, 0.3) is 0 Å². The highest BCUT2D eigenvalue weighted by atomic mass is 35.5. The van der Waals surface area contributed by atoms with E-state index in [1.54, 1.807) is 30.3 Å². The molecule has 24 heavy (non-hydrogen) atoms. The summed E-state index contributed by atoms with van der Waals surface area (Å²) < 4.78 is 10.4. The second-order valence-electron chi connectivity index (χ2n) is 4.99. The number of benzene rings is 2. The lowest BCUT2D eigenvalue weighted by molar-refractivity contribution is -0.116. The number of ether oxygens (including phenoxy) is 2. The lowest BCUT2D eigenvalue weighted by Gasteiger charge is -2.12. The SMILES string of the molecule is COc1cc(CCC(=O)Nc2cc(Cl)ccc2Cl)cc(Cl)c1OC. The highest BCUT2D eigenvalue weighted by Crippen LogP contribution is 2.36. The maximum absolute atomic E-state index is 12.1. The highest BCUT2D eigenvalue weighted by molar-refractivity contribution is 6.35. The molecular formula is C17H16Cl3NO3. The molecule has 0 atom stereocenters. The number of methoxy groups -OCH3 is 2. The van der Waals surface area contributed by atoms with Gasteiger partial charge in [-0.2, -0.15) is 0 Å². The summed E-state index contributed by atoms with van der Waals surface area (Å²) in [6.45, 7) is 0. The Balaban J connectivity index is 2.04. The molecule has 2 aromatic rings. The van der Waals surface area contributed by atoms with Crippen molar-refractivity contribution in [3.8, 4) is 11.5 Å². The van der Waals surface area contributed by atoms with Gasteiger partial charge in [0.15, 0.2) is 11.5 Å². The Morgan fingerprint density at radius 2 is 1.79 bits per heavy atom. The fourth-order valence-corrected chi connectivity index (χ4v) is 2.83. The molecule has 0 saturated heterocycles. The van der Waals surface area contributed by atoms with E-state index >= 15 is 0 Å². The van der Waals surface area contributed by atoms with Crippen LogP contribution in [0.1, 0.15) is 12.0 Å². The van der Waals surface area contributed by atoms with E-state index in [9.17, 15) is 4.79 Å². The Labute approximate surface area is 155 Å². The molecule has 128 valence electrons. The lowest BCUT2D eigenvalue weighted by atomic mass is 10.1. The molecule has 2 aromatic carbocycles.